The van der Waals surface area contributed by atoms with E-state index in [4.69, 9.17) is 21.3 Å². The number of ether oxygens (including phenoxy) is 1. The zero-order valence-corrected chi connectivity index (χ0v) is 18.4. The number of hydrogen-bond donors (Lipinski definition) is 1. The van der Waals surface area contributed by atoms with E-state index in [1.165, 1.54) is 30.6 Å². The Morgan fingerprint density at radius 2 is 2.07 bits per heavy atom. The van der Waals surface area contributed by atoms with Gasteiger partial charge in [0.1, 0.15) is 11.9 Å². The summed E-state index contributed by atoms with van der Waals surface area (Å²) in [4.78, 5) is 22.1. The van der Waals surface area contributed by atoms with Gasteiger partial charge in [0.2, 0.25) is 0 Å². The van der Waals surface area contributed by atoms with Crippen molar-refractivity contribution >= 4 is 34.7 Å². The quantitative estimate of drug-likeness (QED) is 0.647. The zero-order valence-electron chi connectivity index (χ0n) is 16.8. The molecule has 158 valence electrons. The number of allylic oxidation sites excluding steroid dienone is 1. The number of carbonyl (C=O) groups excluding carboxylic acids is 1. The Balaban J connectivity index is 1.86. The number of esters is 1. The van der Waals surface area contributed by atoms with Gasteiger partial charge in [-0.15, -0.1) is 11.3 Å². The molecule has 1 atom stereocenters. The number of aromatic nitrogens is 1. The van der Waals surface area contributed by atoms with E-state index in [2.05, 4.69) is 17.2 Å². The lowest BCUT2D eigenvalue weighted by molar-refractivity contribution is -0.136. The van der Waals surface area contributed by atoms with E-state index in [-0.39, 0.29) is 10.9 Å². The van der Waals surface area contributed by atoms with Gasteiger partial charge in [-0.05, 0) is 36.8 Å². The average Bonchev–Trinajstić information content (AvgIpc) is 3.28. The van der Waals surface area contributed by atoms with Crippen LogP contribution >= 0.6 is 22.9 Å². The van der Waals surface area contributed by atoms with Crippen molar-refractivity contribution in [3.63, 3.8) is 0 Å². The van der Waals surface area contributed by atoms with Crippen LogP contribution in [0, 0.1) is 17.7 Å². The molecule has 0 bridgehead atoms. The third kappa shape index (κ3) is 4.14. The molecule has 5 nitrogen and oxygen atoms in total. The highest BCUT2D eigenvalue weighted by Gasteiger charge is 2.37. The lowest BCUT2D eigenvalue weighted by Gasteiger charge is -2.34. The van der Waals surface area contributed by atoms with Crippen LogP contribution in [0.3, 0.4) is 0 Å². The van der Waals surface area contributed by atoms with Gasteiger partial charge in [-0.25, -0.2) is 14.2 Å². The Bertz CT molecular complexity index is 998. The third-order valence-electron chi connectivity index (χ3n) is 5.80. The molecule has 2 aromatic rings. The highest BCUT2D eigenvalue weighted by molar-refractivity contribution is 7.11. The second kappa shape index (κ2) is 8.86. The number of hydrogen-bond acceptors (Lipinski definition) is 6. The summed E-state index contributed by atoms with van der Waals surface area (Å²) in [5, 5.41) is 6.22. The van der Waals surface area contributed by atoms with Crippen LogP contribution in [0.4, 0.5) is 4.39 Å². The maximum Gasteiger partial charge on any atom is 0.338 e. The Morgan fingerprint density at radius 3 is 2.70 bits per heavy atom. The summed E-state index contributed by atoms with van der Waals surface area (Å²) >= 11 is 7.85. The molecule has 1 unspecified atom stereocenters. The summed E-state index contributed by atoms with van der Waals surface area (Å²) < 4.78 is 18.8. The standard InChI is InChI=1S/C22H23ClFN3O2S/c1-12-3-5-13(6-4-12)18-17(22(28)29-2)19(15-8-7-14(24)11-16(15)23)27-20(26-18)21-25-9-10-30-21/h7-13,19H,3-6H2,1-2H3,(H,26,27)/t12-,13-,19?. The molecule has 4 rings (SSSR count). The van der Waals surface area contributed by atoms with Crippen LogP contribution in [-0.4, -0.2) is 23.9 Å². The minimum Gasteiger partial charge on any atom is -0.466 e. The molecule has 2 heterocycles. The predicted molar refractivity (Wildman–Crippen MR) is 116 cm³/mol. The van der Waals surface area contributed by atoms with E-state index in [1.807, 2.05) is 5.38 Å². The SMILES string of the molecule is COC(=O)C1=C([C@H]2CC[C@H](C)CC2)NC(c2nccs2)=NC1c1ccc(F)cc1Cl. The summed E-state index contributed by atoms with van der Waals surface area (Å²) in [5.41, 5.74) is 1.82. The first-order chi connectivity index (χ1) is 14.5. The fourth-order valence-electron chi connectivity index (χ4n) is 4.17. The lowest BCUT2D eigenvalue weighted by atomic mass is 9.78. The van der Waals surface area contributed by atoms with Crippen molar-refractivity contribution in [1.82, 2.24) is 10.3 Å². The maximum atomic E-state index is 13.7. The highest BCUT2D eigenvalue weighted by Crippen LogP contribution is 2.41. The fourth-order valence-corrected chi connectivity index (χ4v) is 5.03. The van der Waals surface area contributed by atoms with Gasteiger partial charge in [0.25, 0.3) is 0 Å². The number of amidine groups is 1. The molecule has 2 aliphatic rings. The first kappa shape index (κ1) is 21.0. The predicted octanol–water partition coefficient (Wildman–Crippen LogP) is 5.28. The molecular weight excluding hydrogens is 425 g/mol. The van der Waals surface area contributed by atoms with Crippen molar-refractivity contribution in [3.8, 4) is 0 Å². The molecule has 1 aliphatic carbocycles. The molecule has 1 aliphatic heterocycles. The van der Waals surface area contributed by atoms with Crippen LogP contribution in [0.15, 0.2) is 46.0 Å². The maximum absolute atomic E-state index is 13.7. The Labute approximate surface area is 184 Å². The van der Waals surface area contributed by atoms with Crippen LogP contribution in [-0.2, 0) is 9.53 Å². The van der Waals surface area contributed by atoms with Gasteiger partial charge in [0, 0.05) is 27.9 Å². The average molecular weight is 448 g/mol. The molecule has 1 aromatic heterocycles. The minimum absolute atomic E-state index is 0.183. The number of rotatable bonds is 4. The van der Waals surface area contributed by atoms with Crippen LogP contribution < -0.4 is 5.32 Å². The molecule has 0 amide bonds. The van der Waals surface area contributed by atoms with E-state index in [0.717, 1.165) is 36.4 Å². The summed E-state index contributed by atoms with van der Waals surface area (Å²) in [6.07, 6.45) is 5.84. The molecule has 1 fully saturated rings. The van der Waals surface area contributed by atoms with E-state index in [9.17, 15) is 9.18 Å². The first-order valence-corrected chi connectivity index (χ1v) is 11.3. The van der Waals surface area contributed by atoms with Gasteiger partial charge in [-0.2, -0.15) is 0 Å². The highest BCUT2D eigenvalue weighted by atomic mass is 35.5. The molecule has 30 heavy (non-hydrogen) atoms. The molecule has 1 aromatic carbocycles. The van der Waals surface area contributed by atoms with Gasteiger partial charge in [-0.1, -0.05) is 37.4 Å². The zero-order chi connectivity index (χ0) is 21.3. The number of methoxy groups -OCH3 is 1. The second-order valence-corrected chi connectivity index (χ2v) is 9.09. The number of nitrogens with zero attached hydrogens (tertiary/aromatic N) is 2. The van der Waals surface area contributed by atoms with Gasteiger partial charge >= 0.3 is 5.97 Å². The summed E-state index contributed by atoms with van der Waals surface area (Å²) in [7, 11) is 1.36. The van der Waals surface area contributed by atoms with Crippen molar-refractivity contribution in [2.75, 3.05) is 7.11 Å². The minimum atomic E-state index is -0.694. The number of aliphatic imine (C=N–C) groups is 1. The number of nitrogens with one attached hydrogen (secondary N) is 1. The molecule has 8 heteroatoms. The number of carbonyl (C=O) groups is 1. The van der Waals surface area contributed by atoms with E-state index in [0.29, 0.717) is 22.9 Å². The monoisotopic (exact) mass is 447 g/mol. The molecule has 1 N–H and O–H groups in total. The molecule has 0 spiro atoms. The first-order valence-electron chi connectivity index (χ1n) is 10.00. The normalized spacial score (nSPS) is 24.3. The molecular formula is C22H23ClFN3O2S. The van der Waals surface area contributed by atoms with Crippen LogP contribution in [0.1, 0.15) is 49.2 Å². The third-order valence-corrected chi connectivity index (χ3v) is 6.90. The Hall–Kier alpha value is -2.25. The Morgan fingerprint density at radius 1 is 1.30 bits per heavy atom. The van der Waals surface area contributed by atoms with Crippen molar-refractivity contribution in [2.24, 2.45) is 16.8 Å². The smallest absolute Gasteiger partial charge is 0.338 e. The van der Waals surface area contributed by atoms with Crippen LogP contribution in [0.5, 0.6) is 0 Å². The topological polar surface area (TPSA) is 63.6 Å². The van der Waals surface area contributed by atoms with Gasteiger partial charge in [0.05, 0.1) is 12.7 Å². The Kier molecular flexibility index (Phi) is 6.20. The molecule has 1 saturated carbocycles. The van der Waals surface area contributed by atoms with E-state index >= 15 is 0 Å². The van der Waals surface area contributed by atoms with Crippen molar-refractivity contribution in [3.05, 3.63) is 62.5 Å². The van der Waals surface area contributed by atoms with Crippen molar-refractivity contribution in [2.45, 2.75) is 38.6 Å². The lowest BCUT2D eigenvalue weighted by Crippen LogP contribution is -2.37. The van der Waals surface area contributed by atoms with Crippen LogP contribution in [0.2, 0.25) is 5.02 Å². The van der Waals surface area contributed by atoms with Gasteiger partial charge in [-0.3, -0.25) is 4.99 Å². The number of halogens is 2. The fraction of sp³-hybridized carbons (Fsp3) is 0.409. The summed E-state index contributed by atoms with van der Waals surface area (Å²) in [5.74, 6) is 0.552. The second-order valence-electron chi connectivity index (χ2n) is 7.78. The van der Waals surface area contributed by atoms with Crippen LogP contribution in [0.25, 0.3) is 0 Å². The molecule has 0 saturated heterocycles. The molecule has 0 radical (unpaired) electrons. The summed E-state index contributed by atoms with van der Waals surface area (Å²) in [6.45, 7) is 2.25. The largest absolute Gasteiger partial charge is 0.466 e. The van der Waals surface area contributed by atoms with Gasteiger partial charge < -0.3 is 10.1 Å². The number of thiazole rings is 1. The van der Waals surface area contributed by atoms with E-state index in [1.54, 1.807) is 12.3 Å². The van der Waals surface area contributed by atoms with Gasteiger partial charge in [0.15, 0.2) is 10.8 Å². The van der Waals surface area contributed by atoms with Crippen molar-refractivity contribution in [1.29, 1.82) is 0 Å². The number of benzene rings is 1. The summed E-state index contributed by atoms with van der Waals surface area (Å²) in [6, 6.07) is 3.47. The van der Waals surface area contributed by atoms with Crippen molar-refractivity contribution < 1.29 is 13.9 Å². The van der Waals surface area contributed by atoms with E-state index < -0.39 is 17.8 Å².